The van der Waals surface area contributed by atoms with Crippen molar-refractivity contribution in [3.8, 4) is 11.5 Å². The van der Waals surface area contributed by atoms with Gasteiger partial charge < -0.3 is 14.2 Å². The molecule has 0 aliphatic carbocycles. The van der Waals surface area contributed by atoms with Gasteiger partial charge in [-0.1, -0.05) is 4.47 Å². The fourth-order valence-corrected chi connectivity index (χ4v) is 3.35. The highest BCUT2D eigenvalue weighted by Crippen LogP contribution is 2.32. The topological polar surface area (TPSA) is 108 Å². The number of ether oxygens (including phenoxy) is 3. The minimum Gasteiger partial charge on any atom is -0.454 e. The van der Waals surface area contributed by atoms with E-state index in [1.165, 1.54) is 44.5 Å². The number of esters is 1. The van der Waals surface area contributed by atoms with Gasteiger partial charge in [0.05, 0.1) is 17.6 Å². The first-order valence-electron chi connectivity index (χ1n) is 8.06. The molecule has 1 heterocycles. The highest BCUT2D eigenvalue weighted by Gasteiger charge is 2.22. The van der Waals surface area contributed by atoms with Crippen molar-refractivity contribution in [2.24, 2.45) is 0 Å². The van der Waals surface area contributed by atoms with Crippen molar-refractivity contribution in [2.75, 3.05) is 27.6 Å². The van der Waals surface area contributed by atoms with Crippen molar-refractivity contribution in [1.82, 2.24) is 4.47 Å². The summed E-state index contributed by atoms with van der Waals surface area (Å²) in [5, 5.41) is 0. The maximum Gasteiger partial charge on any atom is 0.338 e. The van der Waals surface area contributed by atoms with E-state index < -0.39 is 28.4 Å². The molecule has 0 atom stereocenters. The van der Waals surface area contributed by atoms with Crippen LogP contribution in [0, 0.1) is 0 Å². The molecule has 0 radical (unpaired) electrons. The van der Waals surface area contributed by atoms with Crippen molar-refractivity contribution in [1.29, 1.82) is 0 Å². The first-order chi connectivity index (χ1) is 13.3. The van der Waals surface area contributed by atoms with Gasteiger partial charge in [-0.3, -0.25) is 9.63 Å². The maximum atomic E-state index is 12.2. The Bertz CT molecular complexity index is 1000. The molecule has 0 unspecified atom stereocenters. The molecule has 28 heavy (non-hydrogen) atoms. The zero-order valence-electron chi connectivity index (χ0n) is 15.1. The Kier molecular flexibility index (Phi) is 5.63. The van der Waals surface area contributed by atoms with Crippen LogP contribution in [0.4, 0.5) is 0 Å². The lowest BCUT2D eigenvalue weighted by Crippen LogP contribution is -2.25. The summed E-state index contributed by atoms with van der Waals surface area (Å²) in [4.78, 5) is 28.9. The molecule has 0 spiro atoms. The number of nitrogens with zero attached hydrogens (tertiary/aromatic N) is 1. The molecule has 10 heteroatoms. The second-order valence-corrected chi connectivity index (χ2v) is 7.62. The molecule has 0 N–H and O–H groups in total. The third kappa shape index (κ3) is 3.98. The van der Waals surface area contributed by atoms with Gasteiger partial charge >= 0.3 is 5.97 Å². The number of hydroxylamine groups is 1. The van der Waals surface area contributed by atoms with E-state index in [1.807, 2.05) is 0 Å². The lowest BCUT2D eigenvalue weighted by atomic mass is 10.1. The number of carbonyl (C=O) groups excluding carboxylic acids is 2. The van der Waals surface area contributed by atoms with E-state index in [4.69, 9.17) is 14.2 Å². The summed E-state index contributed by atoms with van der Waals surface area (Å²) in [5.41, 5.74) is 0.429. The van der Waals surface area contributed by atoms with E-state index in [1.54, 1.807) is 12.1 Å². The van der Waals surface area contributed by atoms with E-state index in [0.29, 0.717) is 21.5 Å². The molecule has 1 aliphatic heterocycles. The van der Waals surface area contributed by atoms with Crippen LogP contribution in [0.2, 0.25) is 0 Å². The molecule has 2 aromatic carbocycles. The fourth-order valence-electron chi connectivity index (χ4n) is 2.38. The number of ketones is 1. The predicted octanol–water partition coefficient (Wildman–Crippen LogP) is 1.64. The van der Waals surface area contributed by atoms with E-state index in [2.05, 4.69) is 4.84 Å². The zero-order chi connectivity index (χ0) is 20.3. The Morgan fingerprint density at radius 3 is 2.36 bits per heavy atom. The molecule has 3 rings (SSSR count). The molecule has 0 bridgehead atoms. The van der Waals surface area contributed by atoms with Crippen LogP contribution >= 0.6 is 0 Å². The molecule has 0 aromatic heterocycles. The third-order valence-electron chi connectivity index (χ3n) is 4.01. The molecule has 0 saturated heterocycles. The largest absolute Gasteiger partial charge is 0.454 e. The van der Waals surface area contributed by atoms with Crippen LogP contribution in [0.25, 0.3) is 0 Å². The van der Waals surface area contributed by atoms with Crippen LogP contribution in [0.1, 0.15) is 20.7 Å². The number of sulfonamides is 1. The Labute approximate surface area is 161 Å². The predicted molar refractivity (Wildman–Crippen MR) is 95.6 cm³/mol. The van der Waals surface area contributed by atoms with E-state index >= 15 is 0 Å². The van der Waals surface area contributed by atoms with Crippen LogP contribution in [0.3, 0.4) is 0 Å². The Hall–Kier alpha value is -2.95. The van der Waals surface area contributed by atoms with Gasteiger partial charge in [0.2, 0.25) is 6.79 Å². The van der Waals surface area contributed by atoms with Crippen molar-refractivity contribution >= 4 is 21.8 Å². The van der Waals surface area contributed by atoms with Crippen LogP contribution in [-0.4, -0.2) is 52.2 Å². The SMILES string of the molecule is CON(C)S(=O)(=O)c1ccc(C(=O)OCC(=O)c2ccc3c(c2)OCO3)cc1. The van der Waals surface area contributed by atoms with Crippen molar-refractivity contribution in [3.63, 3.8) is 0 Å². The summed E-state index contributed by atoms with van der Waals surface area (Å²) in [7, 11) is -1.34. The summed E-state index contributed by atoms with van der Waals surface area (Å²) in [6, 6.07) is 9.77. The molecular weight excluding hydrogens is 390 g/mol. The summed E-state index contributed by atoms with van der Waals surface area (Å²) < 4.78 is 40.3. The molecule has 2 aromatic rings. The van der Waals surface area contributed by atoms with Crippen molar-refractivity contribution in [2.45, 2.75) is 4.90 Å². The lowest BCUT2D eigenvalue weighted by molar-refractivity contribution is -0.0258. The minimum absolute atomic E-state index is 0.0511. The van der Waals surface area contributed by atoms with E-state index in [0.717, 1.165) is 0 Å². The average molecular weight is 407 g/mol. The zero-order valence-corrected chi connectivity index (χ0v) is 15.9. The number of benzene rings is 2. The highest BCUT2D eigenvalue weighted by atomic mass is 32.2. The summed E-state index contributed by atoms with van der Waals surface area (Å²) in [6.07, 6.45) is 0. The first kappa shape index (κ1) is 19.8. The van der Waals surface area contributed by atoms with Gasteiger partial charge in [0.1, 0.15) is 0 Å². The lowest BCUT2D eigenvalue weighted by Gasteiger charge is -2.14. The minimum atomic E-state index is -3.82. The average Bonchev–Trinajstić information content (AvgIpc) is 3.18. The number of Topliss-reactive ketones (excluding diaryl/α,β-unsaturated/α-hetero) is 1. The summed E-state index contributed by atoms with van der Waals surface area (Å²) in [6.45, 7) is -0.376. The van der Waals surface area contributed by atoms with Crippen LogP contribution < -0.4 is 9.47 Å². The van der Waals surface area contributed by atoms with Crippen LogP contribution in [0.15, 0.2) is 47.4 Å². The molecule has 9 nitrogen and oxygen atoms in total. The summed E-state index contributed by atoms with van der Waals surface area (Å²) in [5.74, 6) is -0.164. The number of hydrogen-bond acceptors (Lipinski definition) is 8. The Morgan fingerprint density at radius 1 is 1.04 bits per heavy atom. The Morgan fingerprint density at radius 2 is 1.68 bits per heavy atom. The fraction of sp³-hybridized carbons (Fsp3) is 0.222. The van der Waals surface area contributed by atoms with Crippen LogP contribution in [-0.2, 0) is 19.6 Å². The van der Waals surface area contributed by atoms with Gasteiger partial charge in [0.25, 0.3) is 10.0 Å². The monoisotopic (exact) mass is 407 g/mol. The van der Waals surface area contributed by atoms with Crippen molar-refractivity contribution in [3.05, 3.63) is 53.6 Å². The van der Waals surface area contributed by atoms with Gasteiger partial charge in [0.15, 0.2) is 23.9 Å². The third-order valence-corrected chi connectivity index (χ3v) is 5.71. The smallest absolute Gasteiger partial charge is 0.338 e. The molecule has 0 amide bonds. The second-order valence-electron chi connectivity index (χ2n) is 5.69. The second kappa shape index (κ2) is 7.97. The standard InChI is InChI=1S/C18H17NO8S/c1-19(24-2)28(22,23)14-6-3-12(4-7-14)18(21)25-10-15(20)13-5-8-16-17(9-13)27-11-26-16/h3-9H,10-11H2,1-2H3. The number of carbonyl (C=O) groups is 2. The molecular formula is C18H17NO8S. The molecule has 0 fully saturated rings. The van der Waals surface area contributed by atoms with E-state index in [-0.39, 0.29) is 17.3 Å². The van der Waals surface area contributed by atoms with Gasteiger partial charge in [-0.25, -0.2) is 13.2 Å². The van der Waals surface area contributed by atoms with E-state index in [9.17, 15) is 18.0 Å². The maximum absolute atomic E-state index is 12.2. The van der Waals surface area contributed by atoms with Crippen LogP contribution in [0.5, 0.6) is 11.5 Å². The molecule has 148 valence electrons. The molecule has 0 saturated carbocycles. The van der Waals surface area contributed by atoms with Crippen molar-refractivity contribution < 1.29 is 37.1 Å². The number of fused-ring (bicyclic) bond motifs is 1. The number of hydrogen-bond donors (Lipinski definition) is 0. The normalized spacial score (nSPS) is 12.8. The number of rotatable bonds is 7. The van der Waals surface area contributed by atoms with Gasteiger partial charge in [-0.2, -0.15) is 0 Å². The quantitative estimate of drug-likeness (QED) is 0.387. The van der Waals surface area contributed by atoms with Gasteiger partial charge in [-0.15, -0.1) is 0 Å². The van der Waals surface area contributed by atoms with Gasteiger partial charge in [-0.05, 0) is 42.5 Å². The first-order valence-corrected chi connectivity index (χ1v) is 9.50. The summed E-state index contributed by atoms with van der Waals surface area (Å²) >= 11 is 0. The molecule has 1 aliphatic rings. The van der Waals surface area contributed by atoms with Gasteiger partial charge in [0, 0.05) is 12.6 Å². The highest BCUT2D eigenvalue weighted by molar-refractivity contribution is 7.89. The Balaban J connectivity index is 1.63.